The lowest BCUT2D eigenvalue weighted by Gasteiger charge is -2.01. The van der Waals surface area contributed by atoms with Crippen LogP contribution in [0.5, 0.6) is 0 Å². The fourth-order valence-corrected chi connectivity index (χ4v) is 1.64. The van der Waals surface area contributed by atoms with Crippen molar-refractivity contribution in [3.63, 3.8) is 0 Å². The molecule has 0 aromatic rings. The lowest BCUT2D eigenvalue weighted by Crippen LogP contribution is -2.18. The molecule has 1 aliphatic rings. The van der Waals surface area contributed by atoms with Crippen LogP contribution in [0.15, 0.2) is 12.7 Å². The van der Waals surface area contributed by atoms with E-state index in [-0.39, 0.29) is 0 Å². The van der Waals surface area contributed by atoms with Gasteiger partial charge in [0.1, 0.15) is 0 Å². The van der Waals surface area contributed by atoms with Gasteiger partial charge in [0.2, 0.25) is 0 Å². The van der Waals surface area contributed by atoms with Crippen molar-refractivity contribution in [3.8, 4) is 0 Å². The minimum absolute atomic E-state index is 0.535. The summed E-state index contributed by atoms with van der Waals surface area (Å²) >= 11 is 1.93. The first-order valence-electron chi connectivity index (χ1n) is 2.74. The molecule has 0 aromatic carbocycles. The average molecular weight is 128 g/mol. The fourth-order valence-electron chi connectivity index (χ4n) is 0.693. The summed E-state index contributed by atoms with van der Waals surface area (Å²) in [6, 6.07) is 0. The van der Waals surface area contributed by atoms with Gasteiger partial charge in [-0.2, -0.15) is 0 Å². The first-order valence-corrected chi connectivity index (χ1v) is 3.79. The summed E-state index contributed by atoms with van der Waals surface area (Å²) in [7, 11) is 0. The molecule has 45 valence electrons. The second-order valence-corrected chi connectivity index (χ2v) is 2.92. The fraction of sp³-hybridized carbons (Fsp3) is 0.500. The molecule has 0 amide bonds. The Bertz CT molecular complexity index is 76.6. The quantitative estimate of drug-likeness (QED) is 0.596. The molecule has 0 aliphatic carbocycles. The maximum absolute atomic E-state index is 3.62. The van der Waals surface area contributed by atoms with Crippen LogP contribution < -0.4 is 5.32 Å². The third kappa shape index (κ3) is 1.53. The van der Waals surface area contributed by atoms with Gasteiger partial charge in [0.15, 0.2) is 0 Å². The van der Waals surface area contributed by atoms with Gasteiger partial charge in [0.05, 0.1) is 5.37 Å². The zero-order chi connectivity index (χ0) is 5.82. The van der Waals surface area contributed by atoms with Gasteiger partial charge in [0.25, 0.3) is 0 Å². The molecule has 1 fully saturated rings. The molecule has 1 N–H and O–H groups in total. The smallest absolute Gasteiger partial charge is 0.0602 e. The first-order chi connectivity index (χ1) is 3.93. The average Bonchev–Trinajstić information content (AvgIpc) is 2.19. The maximum Gasteiger partial charge on any atom is 0.0602 e. The summed E-state index contributed by atoms with van der Waals surface area (Å²) in [4.78, 5) is 0. The van der Waals surface area contributed by atoms with E-state index in [1.54, 1.807) is 0 Å². The van der Waals surface area contributed by atoms with Crippen molar-refractivity contribution < 1.29 is 0 Å². The van der Waals surface area contributed by atoms with Crippen LogP contribution >= 0.6 is 11.8 Å². The van der Waals surface area contributed by atoms with Gasteiger partial charge in [0, 0.05) is 18.7 Å². The van der Waals surface area contributed by atoms with Crippen LogP contribution in [0.3, 0.4) is 0 Å². The van der Waals surface area contributed by atoms with E-state index in [2.05, 4.69) is 18.3 Å². The maximum atomic E-state index is 3.62. The minimum Gasteiger partial charge on any atom is -0.304 e. The van der Waals surface area contributed by atoms with Gasteiger partial charge in [-0.05, 0) is 0 Å². The number of hydrogen-bond donors (Lipinski definition) is 1. The normalized spacial score (nSPS) is 28.2. The predicted molar refractivity (Wildman–Crippen MR) is 38.7 cm³/mol. The number of nitrogens with one attached hydrogen (secondary N) is 1. The van der Waals surface area contributed by atoms with Gasteiger partial charge in [-0.3, -0.25) is 0 Å². The Morgan fingerprint density at radius 3 is 3.12 bits per heavy atom. The van der Waals surface area contributed by atoms with Crippen molar-refractivity contribution in [2.45, 2.75) is 5.37 Å². The summed E-state index contributed by atoms with van der Waals surface area (Å²) in [6.45, 7) is 4.75. The molecule has 0 aromatic heterocycles. The lowest BCUT2D eigenvalue weighted by molar-refractivity contribution is 0.785. The Hall–Kier alpha value is 0.0500. The molecule has 2 heteroatoms. The van der Waals surface area contributed by atoms with E-state index in [4.69, 9.17) is 0 Å². The molecule has 1 atom stereocenters. The molecule has 1 rings (SSSR count). The molecule has 1 saturated heterocycles. The van der Waals surface area contributed by atoms with Crippen LogP contribution in [0.25, 0.3) is 0 Å². The largest absolute Gasteiger partial charge is 0.304 e. The van der Waals surface area contributed by atoms with Crippen molar-refractivity contribution in [2.75, 3.05) is 12.3 Å². The van der Waals surface area contributed by atoms with Crippen LogP contribution in [-0.2, 0) is 0 Å². The summed E-state index contributed by atoms with van der Waals surface area (Å²) in [5.74, 6) is 1.23. The Kier molecular flexibility index (Phi) is 2.43. The van der Waals surface area contributed by atoms with E-state index in [1.807, 2.05) is 17.8 Å². The molecule has 0 spiro atoms. The van der Waals surface area contributed by atoms with E-state index in [9.17, 15) is 0 Å². The standard InChI is InChI=1S/C6H10NS/c1-2-3-6-7-4-5-8-6/h2-3,6-7H,1,4-5H2. The van der Waals surface area contributed by atoms with Gasteiger partial charge < -0.3 is 5.32 Å². The lowest BCUT2D eigenvalue weighted by atomic mass is 10.4. The number of rotatable bonds is 2. The summed E-state index contributed by atoms with van der Waals surface area (Å²) < 4.78 is 0. The van der Waals surface area contributed by atoms with E-state index >= 15 is 0 Å². The van der Waals surface area contributed by atoms with E-state index in [0.717, 1.165) is 6.54 Å². The highest BCUT2D eigenvalue weighted by Gasteiger charge is 2.11. The molecular weight excluding hydrogens is 118 g/mol. The zero-order valence-corrected chi connectivity index (χ0v) is 5.58. The van der Waals surface area contributed by atoms with Crippen molar-refractivity contribution >= 4 is 11.8 Å². The Balaban J connectivity index is 2.14. The van der Waals surface area contributed by atoms with Gasteiger partial charge >= 0.3 is 0 Å². The van der Waals surface area contributed by atoms with Crippen molar-refractivity contribution in [1.82, 2.24) is 5.32 Å². The van der Waals surface area contributed by atoms with Gasteiger partial charge in [-0.15, -0.1) is 18.3 Å². The molecule has 1 aliphatic heterocycles. The van der Waals surface area contributed by atoms with Crippen LogP contribution in [0.4, 0.5) is 0 Å². The van der Waals surface area contributed by atoms with E-state index in [0.29, 0.717) is 5.37 Å². The number of thioether (sulfide) groups is 1. The Morgan fingerprint density at radius 1 is 1.75 bits per heavy atom. The van der Waals surface area contributed by atoms with E-state index < -0.39 is 0 Å². The van der Waals surface area contributed by atoms with Crippen molar-refractivity contribution in [1.29, 1.82) is 0 Å². The molecule has 1 nitrogen and oxygen atoms in total. The van der Waals surface area contributed by atoms with Gasteiger partial charge in [-0.1, -0.05) is 6.08 Å². The second-order valence-electron chi connectivity index (χ2n) is 1.67. The highest BCUT2D eigenvalue weighted by atomic mass is 32.2. The molecule has 1 heterocycles. The first kappa shape index (κ1) is 6.17. The third-order valence-electron chi connectivity index (χ3n) is 1.06. The van der Waals surface area contributed by atoms with Crippen molar-refractivity contribution in [2.24, 2.45) is 0 Å². The highest BCUT2D eigenvalue weighted by molar-refractivity contribution is 8.00. The third-order valence-corrected chi connectivity index (χ3v) is 2.18. The summed E-state index contributed by atoms with van der Waals surface area (Å²) in [5, 5.41) is 3.83. The van der Waals surface area contributed by atoms with Crippen LogP contribution in [0.1, 0.15) is 0 Å². The van der Waals surface area contributed by atoms with Crippen LogP contribution in [0, 0.1) is 6.42 Å². The van der Waals surface area contributed by atoms with Crippen LogP contribution in [-0.4, -0.2) is 17.7 Å². The molecule has 1 radical (unpaired) electrons. The minimum atomic E-state index is 0.535. The molecular formula is C6H10NS. The summed E-state index contributed by atoms with van der Waals surface area (Å²) in [6.07, 6.45) is 3.92. The highest BCUT2D eigenvalue weighted by Crippen LogP contribution is 2.15. The Labute approximate surface area is 54.5 Å². The topological polar surface area (TPSA) is 12.0 Å². The van der Waals surface area contributed by atoms with E-state index in [1.165, 1.54) is 5.75 Å². The number of hydrogen-bond acceptors (Lipinski definition) is 2. The monoisotopic (exact) mass is 128 g/mol. The zero-order valence-electron chi connectivity index (χ0n) is 4.76. The SMILES string of the molecule is C=C[CH]C1NCCS1. The Morgan fingerprint density at radius 2 is 2.62 bits per heavy atom. The molecule has 1 unspecified atom stereocenters. The second kappa shape index (κ2) is 3.15. The molecule has 0 saturated carbocycles. The molecule has 8 heavy (non-hydrogen) atoms. The van der Waals surface area contributed by atoms with Crippen molar-refractivity contribution in [3.05, 3.63) is 19.1 Å². The summed E-state index contributed by atoms with van der Waals surface area (Å²) in [5.41, 5.74) is 0. The molecule has 0 bridgehead atoms. The van der Waals surface area contributed by atoms with Gasteiger partial charge in [-0.25, -0.2) is 0 Å². The van der Waals surface area contributed by atoms with Crippen LogP contribution in [0.2, 0.25) is 0 Å². The predicted octanol–water partition coefficient (Wildman–Crippen LogP) is 1.04.